The van der Waals surface area contributed by atoms with Crippen LogP contribution in [-0.4, -0.2) is 36.4 Å². The highest BCUT2D eigenvalue weighted by atomic mass is 79.9. The number of hydrogen-bond donors (Lipinski definition) is 1. The van der Waals surface area contributed by atoms with Gasteiger partial charge in [-0.3, -0.25) is 9.59 Å². The Morgan fingerprint density at radius 1 is 1.12 bits per heavy atom. The maximum Gasteiger partial charge on any atom is 0.260 e. The van der Waals surface area contributed by atoms with Crippen molar-refractivity contribution in [1.29, 1.82) is 0 Å². The number of anilines is 1. The maximum absolute atomic E-state index is 13.6. The molecule has 26 heavy (non-hydrogen) atoms. The first kappa shape index (κ1) is 19.8. The standard InChI is InChI=1S/C18H17BrF2N2O3/c1-2-23(17(25)11-26-15-9-4-3-6-12(15)19)10-16(24)22-18-13(20)7-5-8-14(18)21/h3-9H,2,10-11H2,1H3,(H,22,24). The zero-order chi connectivity index (χ0) is 19.1. The third kappa shape index (κ3) is 5.26. The topological polar surface area (TPSA) is 58.6 Å². The molecule has 0 saturated carbocycles. The summed E-state index contributed by atoms with van der Waals surface area (Å²) in [6, 6.07) is 10.3. The summed E-state index contributed by atoms with van der Waals surface area (Å²) in [7, 11) is 0. The van der Waals surface area contributed by atoms with E-state index in [-0.39, 0.29) is 19.7 Å². The summed E-state index contributed by atoms with van der Waals surface area (Å²) < 4.78 is 33.3. The molecule has 0 aliphatic heterocycles. The van der Waals surface area contributed by atoms with Crippen LogP contribution < -0.4 is 10.1 Å². The molecule has 0 heterocycles. The molecule has 0 spiro atoms. The number of carbonyl (C=O) groups excluding carboxylic acids is 2. The second-order valence-electron chi connectivity index (χ2n) is 5.27. The molecule has 0 fully saturated rings. The van der Waals surface area contributed by atoms with Crippen LogP contribution >= 0.6 is 15.9 Å². The fraction of sp³-hybridized carbons (Fsp3) is 0.222. The SMILES string of the molecule is CCN(CC(=O)Nc1c(F)cccc1F)C(=O)COc1ccccc1Br. The monoisotopic (exact) mass is 426 g/mol. The molecule has 0 unspecified atom stereocenters. The lowest BCUT2D eigenvalue weighted by Gasteiger charge is -2.21. The Balaban J connectivity index is 1.94. The van der Waals surface area contributed by atoms with Crippen molar-refractivity contribution in [3.63, 3.8) is 0 Å². The Bertz CT molecular complexity index is 782. The Morgan fingerprint density at radius 2 is 1.77 bits per heavy atom. The molecule has 0 aliphatic rings. The molecule has 2 aromatic rings. The summed E-state index contributed by atoms with van der Waals surface area (Å²) >= 11 is 3.31. The van der Waals surface area contributed by atoms with E-state index in [1.165, 1.54) is 11.0 Å². The Labute approximate surface area is 158 Å². The normalized spacial score (nSPS) is 10.3. The van der Waals surface area contributed by atoms with Gasteiger partial charge in [-0.05, 0) is 47.1 Å². The van der Waals surface area contributed by atoms with Crippen molar-refractivity contribution < 1.29 is 23.1 Å². The largest absolute Gasteiger partial charge is 0.483 e. The second kappa shape index (κ2) is 9.28. The molecular weight excluding hydrogens is 410 g/mol. The van der Waals surface area contributed by atoms with Crippen molar-refractivity contribution in [2.24, 2.45) is 0 Å². The first-order valence-corrected chi connectivity index (χ1v) is 8.60. The number of carbonyl (C=O) groups is 2. The van der Waals surface area contributed by atoms with Crippen LogP contribution in [0.3, 0.4) is 0 Å². The van der Waals surface area contributed by atoms with Crippen molar-refractivity contribution in [3.8, 4) is 5.75 Å². The summed E-state index contributed by atoms with van der Waals surface area (Å²) in [5.74, 6) is -2.40. The lowest BCUT2D eigenvalue weighted by molar-refractivity contribution is -0.136. The molecule has 0 saturated heterocycles. The quantitative estimate of drug-likeness (QED) is 0.735. The van der Waals surface area contributed by atoms with Gasteiger partial charge in [0.1, 0.15) is 23.1 Å². The summed E-state index contributed by atoms with van der Waals surface area (Å²) in [4.78, 5) is 25.5. The van der Waals surface area contributed by atoms with E-state index in [9.17, 15) is 18.4 Å². The number of amides is 2. The van der Waals surface area contributed by atoms with E-state index in [0.29, 0.717) is 10.2 Å². The fourth-order valence-corrected chi connectivity index (χ4v) is 2.54. The van der Waals surface area contributed by atoms with E-state index < -0.39 is 29.1 Å². The number of halogens is 3. The average Bonchev–Trinajstić information content (AvgIpc) is 2.62. The second-order valence-corrected chi connectivity index (χ2v) is 6.13. The van der Waals surface area contributed by atoms with Gasteiger partial charge in [-0.1, -0.05) is 18.2 Å². The summed E-state index contributed by atoms with van der Waals surface area (Å²) in [6.45, 7) is 1.32. The predicted octanol–water partition coefficient (Wildman–Crippen LogP) is 3.59. The molecule has 0 aromatic heterocycles. The molecule has 138 valence electrons. The number of benzene rings is 2. The number of hydrogen-bond acceptors (Lipinski definition) is 3. The van der Waals surface area contributed by atoms with Crippen LogP contribution in [0.15, 0.2) is 46.9 Å². The van der Waals surface area contributed by atoms with Crippen molar-refractivity contribution in [2.45, 2.75) is 6.92 Å². The van der Waals surface area contributed by atoms with Gasteiger partial charge in [-0.2, -0.15) is 0 Å². The number of para-hydroxylation sites is 2. The third-order valence-electron chi connectivity index (χ3n) is 3.48. The summed E-state index contributed by atoms with van der Waals surface area (Å²) in [5.41, 5.74) is -0.537. The van der Waals surface area contributed by atoms with Gasteiger partial charge >= 0.3 is 0 Å². The molecule has 1 N–H and O–H groups in total. The van der Waals surface area contributed by atoms with E-state index in [2.05, 4.69) is 21.2 Å². The van der Waals surface area contributed by atoms with E-state index >= 15 is 0 Å². The zero-order valence-corrected chi connectivity index (χ0v) is 15.6. The highest BCUT2D eigenvalue weighted by Gasteiger charge is 2.18. The number of nitrogens with zero attached hydrogens (tertiary/aromatic N) is 1. The summed E-state index contributed by atoms with van der Waals surface area (Å²) in [5, 5.41) is 2.15. The van der Waals surface area contributed by atoms with E-state index in [1.54, 1.807) is 25.1 Å². The van der Waals surface area contributed by atoms with E-state index in [1.807, 2.05) is 6.07 Å². The Morgan fingerprint density at radius 3 is 2.38 bits per heavy atom. The minimum atomic E-state index is -0.884. The Kier molecular flexibility index (Phi) is 7.08. The van der Waals surface area contributed by atoms with E-state index in [4.69, 9.17) is 4.74 Å². The van der Waals surface area contributed by atoms with Crippen molar-refractivity contribution in [2.75, 3.05) is 25.0 Å². The molecule has 0 radical (unpaired) electrons. The Hall–Kier alpha value is -2.48. The van der Waals surface area contributed by atoms with Crippen molar-refractivity contribution in [3.05, 3.63) is 58.6 Å². The fourth-order valence-electron chi connectivity index (χ4n) is 2.14. The van der Waals surface area contributed by atoms with Crippen LogP contribution in [0.4, 0.5) is 14.5 Å². The van der Waals surface area contributed by atoms with Gasteiger partial charge in [-0.25, -0.2) is 8.78 Å². The van der Waals surface area contributed by atoms with Crippen LogP contribution in [0, 0.1) is 11.6 Å². The molecule has 2 rings (SSSR count). The highest BCUT2D eigenvalue weighted by molar-refractivity contribution is 9.10. The van der Waals surface area contributed by atoms with Crippen LogP contribution in [0.2, 0.25) is 0 Å². The van der Waals surface area contributed by atoms with Gasteiger partial charge in [0.2, 0.25) is 5.91 Å². The molecule has 0 aliphatic carbocycles. The first-order chi connectivity index (χ1) is 12.4. The minimum absolute atomic E-state index is 0.241. The number of nitrogens with one attached hydrogen (secondary N) is 1. The number of likely N-dealkylation sites (N-methyl/N-ethyl adjacent to an activating group) is 1. The lowest BCUT2D eigenvalue weighted by atomic mass is 10.3. The van der Waals surface area contributed by atoms with Crippen LogP contribution in [0.25, 0.3) is 0 Å². The minimum Gasteiger partial charge on any atom is -0.483 e. The van der Waals surface area contributed by atoms with Crippen molar-refractivity contribution in [1.82, 2.24) is 4.90 Å². The van der Waals surface area contributed by atoms with Gasteiger partial charge in [0, 0.05) is 6.54 Å². The van der Waals surface area contributed by atoms with Crippen LogP contribution in [-0.2, 0) is 9.59 Å². The molecule has 5 nitrogen and oxygen atoms in total. The smallest absolute Gasteiger partial charge is 0.260 e. The lowest BCUT2D eigenvalue weighted by Crippen LogP contribution is -2.40. The molecular formula is C18H17BrF2N2O3. The van der Waals surface area contributed by atoms with Crippen LogP contribution in [0.1, 0.15) is 6.92 Å². The zero-order valence-electron chi connectivity index (χ0n) is 14.0. The maximum atomic E-state index is 13.6. The third-order valence-corrected chi connectivity index (χ3v) is 4.14. The number of rotatable bonds is 7. The average molecular weight is 427 g/mol. The molecule has 2 amide bonds. The van der Waals surface area contributed by atoms with Crippen LogP contribution in [0.5, 0.6) is 5.75 Å². The van der Waals surface area contributed by atoms with Gasteiger partial charge in [0.15, 0.2) is 6.61 Å². The highest BCUT2D eigenvalue weighted by Crippen LogP contribution is 2.23. The molecule has 8 heteroatoms. The molecule has 0 atom stereocenters. The predicted molar refractivity (Wildman–Crippen MR) is 96.9 cm³/mol. The number of ether oxygens (including phenoxy) is 1. The van der Waals surface area contributed by atoms with Gasteiger partial charge in [-0.15, -0.1) is 0 Å². The van der Waals surface area contributed by atoms with Gasteiger partial charge < -0.3 is 15.0 Å². The molecule has 2 aromatic carbocycles. The summed E-state index contributed by atoms with van der Waals surface area (Å²) in [6.07, 6.45) is 0. The van der Waals surface area contributed by atoms with Gasteiger partial charge in [0.05, 0.1) is 11.0 Å². The first-order valence-electron chi connectivity index (χ1n) is 7.81. The van der Waals surface area contributed by atoms with Crippen molar-refractivity contribution >= 4 is 33.4 Å². The molecule has 0 bridgehead atoms. The van der Waals surface area contributed by atoms with E-state index in [0.717, 1.165) is 12.1 Å². The van der Waals surface area contributed by atoms with Gasteiger partial charge in [0.25, 0.3) is 5.91 Å².